The average Bonchev–Trinajstić information content (AvgIpc) is 3.20. The number of nitrogens with one attached hydrogen (secondary N) is 1. The lowest BCUT2D eigenvalue weighted by atomic mass is 10.0. The van der Waals surface area contributed by atoms with E-state index >= 15 is 0 Å². The van der Waals surface area contributed by atoms with Gasteiger partial charge in [-0.25, -0.2) is 14.3 Å². The lowest BCUT2D eigenvalue weighted by molar-refractivity contribution is -0.122. The number of carbonyl (C=O) groups excluding carboxylic acids is 4. The van der Waals surface area contributed by atoms with Gasteiger partial charge >= 0.3 is 0 Å². The first kappa shape index (κ1) is 22.9. The lowest BCUT2D eigenvalue weighted by Crippen LogP contribution is -2.54. The Kier molecular flexibility index (Phi) is 6.00. The Labute approximate surface area is 205 Å². The molecule has 36 heavy (non-hydrogen) atoms. The van der Waals surface area contributed by atoms with Crippen molar-refractivity contribution < 1.29 is 23.6 Å². The Hall–Kier alpha value is -4.85. The molecule has 0 aliphatic carbocycles. The van der Waals surface area contributed by atoms with Crippen molar-refractivity contribution in [3.63, 3.8) is 0 Å². The number of hydrazine groups is 1. The number of hydrogen-bond donors (Lipinski definition) is 1. The summed E-state index contributed by atoms with van der Waals surface area (Å²) in [6, 6.07) is 24.3. The molecule has 1 unspecified atom stereocenters. The maximum absolute atomic E-state index is 13.5. The van der Waals surface area contributed by atoms with Crippen LogP contribution in [0.4, 0.5) is 10.1 Å². The molecular weight excluding hydrogens is 461 g/mol. The molecule has 8 heteroatoms. The number of imide groups is 1. The summed E-state index contributed by atoms with van der Waals surface area (Å²) in [6.07, 6.45) is -0.343. The molecule has 1 heterocycles. The number of fused-ring (bicyclic) bond motifs is 1. The van der Waals surface area contributed by atoms with E-state index in [0.29, 0.717) is 10.9 Å². The Morgan fingerprint density at radius 2 is 1.50 bits per heavy atom. The summed E-state index contributed by atoms with van der Waals surface area (Å²) in [5.74, 6) is -3.03. The van der Waals surface area contributed by atoms with Crippen molar-refractivity contribution in [1.29, 1.82) is 0 Å². The van der Waals surface area contributed by atoms with Gasteiger partial charge in [-0.1, -0.05) is 54.6 Å². The smallest absolute Gasteiger partial charge is 0.273 e. The van der Waals surface area contributed by atoms with Gasteiger partial charge in [0.15, 0.2) is 0 Å². The molecule has 1 saturated heterocycles. The fourth-order valence-electron chi connectivity index (χ4n) is 4.26. The first-order valence-corrected chi connectivity index (χ1v) is 11.2. The predicted molar refractivity (Wildman–Crippen MR) is 131 cm³/mol. The molecule has 0 bridgehead atoms. The number of halogens is 1. The molecule has 1 N–H and O–H groups in total. The van der Waals surface area contributed by atoms with Crippen molar-refractivity contribution in [3.8, 4) is 0 Å². The second-order valence-corrected chi connectivity index (χ2v) is 8.27. The Morgan fingerprint density at radius 3 is 2.25 bits per heavy atom. The number of anilines is 1. The molecule has 0 spiro atoms. The number of hydrogen-bond acceptors (Lipinski definition) is 4. The van der Waals surface area contributed by atoms with E-state index in [1.807, 2.05) is 18.2 Å². The number of benzene rings is 4. The first-order valence-electron chi connectivity index (χ1n) is 11.2. The van der Waals surface area contributed by atoms with Gasteiger partial charge in [-0.2, -0.15) is 0 Å². The Bertz CT molecular complexity index is 1480. The zero-order chi connectivity index (χ0) is 25.2. The summed E-state index contributed by atoms with van der Waals surface area (Å²) < 4.78 is 13.4. The van der Waals surface area contributed by atoms with E-state index in [1.54, 1.807) is 54.6 Å². The standard InChI is InChI=1S/C28H20FN3O4/c29-20-13-15-21(16-14-20)31-25(33)17-24(28(31)36)32(27(35)19-8-2-1-3-9-19)30-26(34)23-12-6-10-18-7-4-5-11-22(18)23/h1-16,24H,17H2,(H,30,34). The van der Waals surface area contributed by atoms with E-state index in [1.165, 1.54) is 12.1 Å². The van der Waals surface area contributed by atoms with E-state index in [0.717, 1.165) is 27.4 Å². The highest BCUT2D eigenvalue weighted by Crippen LogP contribution is 2.27. The quantitative estimate of drug-likeness (QED) is 0.351. The maximum atomic E-state index is 13.5. The highest BCUT2D eigenvalue weighted by Gasteiger charge is 2.45. The second-order valence-electron chi connectivity index (χ2n) is 8.27. The molecule has 0 aromatic heterocycles. The van der Waals surface area contributed by atoms with Crippen molar-refractivity contribution in [2.24, 2.45) is 0 Å². The van der Waals surface area contributed by atoms with Crippen LogP contribution in [0.1, 0.15) is 27.1 Å². The average molecular weight is 481 g/mol. The summed E-state index contributed by atoms with van der Waals surface area (Å²) in [5.41, 5.74) is 3.31. The zero-order valence-corrected chi connectivity index (χ0v) is 18.9. The maximum Gasteiger partial charge on any atom is 0.273 e. The third-order valence-corrected chi connectivity index (χ3v) is 6.02. The molecule has 4 aromatic rings. The molecule has 178 valence electrons. The van der Waals surface area contributed by atoms with Gasteiger partial charge in [0.05, 0.1) is 12.1 Å². The molecule has 5 rings (SSSR count). The molecule has 1 aliphatic rings. The third-order valence-electron chi connectivity index (χ3n) is 6.02. The van der Waals surface area contributed by atoms with Crippen LogP contribution in [0.15, 0.2) is 97.1 Å². The Balaban J connectivity index is 1.51. The summed E-state index contributed by atoms with van der Waals surface area (Å²) in [5, 5.41) is 2.43. The highest BCUT2D eigenvalue weighted by atomic mass is 19.1. The largest absolute Gasteiger partial charge is 0.274 e. The Morgan fingerprint density at radius 1 is 0.833 bits per heavy atom. The number of nitrogens with zero attached hydrogens (tertiary/aromatic N) is 2. The van der Waals surface area contributed by atoms with E-state index < -0.39 is 35.5 Å². The van der Waals surface area contributed by atoms with Gasteiger partial charge in [0.25, 0.3) is 17.7 Å². The first-order chi connectivity index (χ1) is 17.4. The van der Waals surface area contributed by atoms with Crippen LogP contribution in [0.2, 0.25) is 0 Å². The van der Waals surface area contributed by atoms with Gasteiger partial charge < -0.3 is 0 Å². The molecule has 1 atom stereocenters. The molecule has 1 aliphatic heterocycles. The second kappa shape index (κ2) is 9.42. The van der Waals surface area contributed by atoms with Crippen molar-refractivity contribution in [2.45, 2.75) is 12.5 Å². The van der Waals surface area contributed by atoms with Crippen LogP contribution >= 0.6 is 0 Å². The fourth-order valence-corrected chi connectivity index (χ4v) is 4.26. The molecule has 4 amide bonds. The van der Waals surface area contributed by atoms with Crippen molar-refractivity contribution in [3.05, 3.63) is 114 Å². The molecular formula is C28H20FN3O4. The van der Waals surface area contributed by atoms with E-state index in [9.17, 15) is 23.6 Å². The number of amides is 4. The van der Waals surface area contributed by atoms with Gasteiger partial charge in [-0.05, 0) is 53.2 Å². The van der Waals surface area contributed by atoms with Crippen LogP contribution in [-0.4, -0.2) is 34.7 Å². The summed E-state index contributed by atoms with van der Waals surface area (Å²) in [4.78, 5) is 54.0. The van der Waals surface area contributed by atoms with Crippen LogP contribution in [-0.2, 0) is 9.59 Å². The van der Waals surface area contributed by atoms with Gasteiger partial charge in [0, 0.05) is 11.1 Å². The highest BCUT2D eigenvalue weighted by molar-refractivity contribution is 6.23. The van der Waals surface area contributed by atoms with E-state index in [2.05, 4.69) is 5.43 Å². The van der Waals surface area contributed by atoms with Crippen molar-refractivity contribution >= 4 is 40.1 Å². The molecule has 1 fully saturated rings. The minimum Gasteiger partial charge on any atom is -0.274 e. The molecule has 0 radical (unpaired) electrons. The molecule has 4 aromatic carbocycles. The van der Waals surface area contributed by atoms with Crippen molar-refractivity contribution in [1.82, 2.24) is 10.4 Å². The predicted octanol–water partition coefficient (Wildman–Crippen LogP) is 4.10. The topological polar surface area (TPSA) is 86.8 Å². The van der Waals surface area contributed by atoms with Crippen molar-refractivity contribution in [2.75, 3.05) is 4.90 Å². The normalized spacial score (nSPS) is 15.2. The van der Waals surface area contributed by atoms with Gasteiger partial charge in [0.1, 0.15) is 11.9 Å². The molecule has 0 saturated carbocycles. The van der Waals surface area contributed by atoms with Crippen LogP contribution < -0.4 is 10.3 Å². The molecule has 7 nitrogen and oxygen atoms in total. The van der Waals surface area contributed by atoms with Crippen LogP contribution in [0.5, 0.6) is 0 Å². The summed E-state index contributed by atoms with van der Waals surface area (Å²) in [7, 11) is 0. The fraction of sp³-hybridized carbons (Fsp3) is 0.0714. The van der Waals surface area contributed by atoms with E-state index in [-0.39, 0.29) is 17.7 Å². The van der Waals surface area contributed by atoms with Crippen LogP contribution in [0, 0.1) is 5.82 Å². The van der Waals surface area contributed by atoms with Gasteiger partial charge in [0.2, 0.25) is 5.91 Å². The summed E-state index contributed by atoms with van der Waals surface area (Å²) >= 11 is 0. The third kappa shape index (κ3) is 4.20. The minimum atomic E-state index is -1.28. The van der Waals surface area contributed by atoms with Crippen LogP contribution in [0.25, 0.3) is 10.8 Å². The zero-order valence-electron chi connectivity index (χ0n) is 18.9. The number of rotatable bonds is 4. The lowest BCUT2D eigenvalue weighted by Gasteiger charge is -2.28. The SMILES string of the molecule is O=C(NN(C(=O)c1ccccc1)C1CC(=O)N(c2ccc(F)cc2)C1=O)c1cccc2ccccc12. The van der Waals surface area contributed by atoms with Gasteiger partial charge in [-0.3, -0.25) is 24.6 Å². The minimum absolute atomic E-state index is 0.182. The van der Waals surface area contributed by atoms with Gasteiger partial charge in [-0.15, -0.1) is 0 Å². The summed E-state index contributed by atoms with van der Waals surface area (Å²) in [6.45, 7) is 0. The number of carbonyl (C=O) groups is 4. The van der Waals surface area contributed by atoms with Crippen LogP contribution in [0.3, 0.4) is 0 Å². The van der Waals surface area contributed by atoms with E-state index in [4.69, 9.17) is 0 Å². The monoisotopic (exact) mass is 481 g/mol.